The Morgan fingerprint density at radius 1 is 1.00 bits per heavy atom. The average molecular weight is 186 g/mol. The molecule has 0 amide bonds. The summed E-state index contributed by atoms with van der Waals surface area (Å²) >= 11 is 0. The van der Waals surface area contributed by atoms with Gasteiger partial charge in [-0.3, -0.25) is 14.4 Å². The molecule has 3 nitrogen and oxygen atoms in total. The second-order valence-electron chi connectivity index (χ2n) is 2.95. The van der Waals surface area contributed by atoms with Gasteiger partial charge in [-0.1, -0.05) is 30.3 Å². The molecule has 0 heterocycles. The maximum Gasteiger partial charge on any atom is 0.237 e. The van der Waals surface area contributed by atoms with Crippen molar-refractivity contribution >= 4 is 5.78 Å². The minimum absolute atomic E-state index is 0.0128. The molecule has 2 aromatic rings. The summed E-state index contributed by atoms with van der Waals surface area (Å²) in [6.45, 7) is 0. The highest BCUT2D eigenvalue weighted by molar-refractivity contribution is 6.09. The Kier molecular flexibility index (Phi) is 1.85. The van der Waals surface area contributed by atoms with Gasteiger partial charge in [-0.25, -0.2) is 0 Å². The maximum atomic E-state index is 11.5. The Hall–Kier alpha value is -2.03. The summed E-state index contributed by atoms with van der Waals surface area (Å²) in [5, 5.41) is 0. The first-order chi connectivity index (χ1) is 6.70. The zero-order valence-electron chi connectivity index (χ0n) is 7.19. The van der Waals surface area contributed by atoms with Crippen LogP contribution in [0.2, 0.25) is 0 Å². The predicted octanol–water partition coefficient (Wildman–Crippen LogP) is 0.514. The molecule has 14 heavy (non-hydrogen) atoms. The Bertz CT molecular complexity index is 545. The normalized spacial score (nSPS) is 10.3. The van der Waals surface area contributed by atoms with Crippen LogP contribution in [0, 0.1) is 0 Å². The van der Waals surface area contributed by atoms with Gasteiger partial charge < -0.3 is 0 Å². The monoisotopic (exact) mass is 186 g/mol. The topological polar surface area (TPSA) is 51.2 Å². The second kappa shape index (κ2) is 3.03. The van der Waals surface area contributed by atoms with Crippen LogP contribution >= 0.6 is 0 Å². The van der Waals surface area contributed by atoms with Gasteiger partial charge in [0.1, 0.15) is 0 Å². The first-order valence-electron chi connectivity index (χ1n) is 4.10. The van der Waals surface area contributed by atoms with E-state index in [1.54, 1.807) is 30.3 Å². The van der Waals surface area contributed by atoms with Gasteiger partial charge in [0.2, 0.25) is 10.9 Å². The minimum Gasteiger partial charge on any atom is -0.288 e. The van der Waals surface area contributed by atoms with Crippen LogP contribution in [0.5, 0.6) is 0 Å². The molecule has 68 valence electrons. The van der Waals surface area contributed by atoms with E-state index in [0.717, 1.165) is 6.07 Å². The van der Waals surface area contributed by atoms with Crippen molar-refractivity contribution in [2.75, 3.05) is 0 Å². The largest absolute Gasteiger partial charge is 0.288 e. The smallest absolute Gasteiger partial charge is 0.237 e. The number of carbonyl (C=O) groups is 1. The van der Waals surface area contributed by atoms with E-state index in [-0.39, 0.29) is 11.3 Å². The summed E-state index contributed by atoms with van der Waals surface area (Å²) < 4.78 is 0. The quantitative estimate of drug-likeness (QED) is 0.507. The molecule has 3 heteroatoms. The van der Waals surface area contributed by atoms with Crippen LogP contribution in [0.15, 0.2) is 46.0 Å². The SMILES string of the molecule is O=C(c1ccccc1)c1cc(=O)c1=O. The van der Waals surface area contributed by atoms with Gasteiger partial charge in [0, 0.05) is 11.6 Å². The lowest BCUT2D eigenvalue weighted by Gasteiger charge is -1.99. The highest BCUT2D eigenvalue weighted by atomic mass is 16.2. The molecule has 0 unspecified atom stereocenters. The molecule has 0 N–H and O–H groups in total. The molecule has 0 saturated heterocycles. The van der Waals surface area contributed by atoms with Gasteiger partial charge in [0.05, 0.1) is 5.56 Å². The van der Waals surface area contributed by atoms with Crippen molar-refractivity contribution in [3.63, 3.8) is 0 Å². The van der Waals surface area contributed by atoms with Crippen molar-refractivity contribution in [3.05, 3.63) is 68.0 Å². The number of benzene rings is 1. The third-order valence-electron chi connectivity index (χ3n) is 2.02. The summed E-state index contributed by atoms with van der Waals surface area (Å²) in [6, 6.07) is 9.49. The number of carbonyl (C=O) groups excluding carboxylic acids is 1. The molecular formula is C11H6O3. The third kappa shape index (κ3) is 1.19. The third-order valence-corrected chi connectivity index (χ3v) is 2.02. The lowest BCUT2D eigenvalue weighted by atomic mass is 10.0. The summed E-state index contributed by atoms with van der Waals surface area (Å²) in [5.41, 5.74) is -0.857. The van der Waals surface area contributed by atoms with Crippen LogP contribution in [0.3, 0.4) is 0 Å². The Labute approximate surface area is 79.3 Å². The Morgan fingerprint density at radius 2 is 1.64 bits per heavy atom. The standard InChI is InChI=1S/C11H6O3/c12-9-6-8(11(9)14)10(13)7-4-2-1-3-5-7/h1-6H. The zero-order chi connectivity index (χ0) is 10.1. The Balaban J connectivity index is 2.41. The van der Waals surface area contributed by atoms with Crippen molar-refractivity contribution < 1.29 is 4.79 Å². The van der Waals surface area contributed by atoms with E-state index >= 15 is 0 Å². The fraction of sp³-hybridized carbons (Fsp3) is 0. The van der Waals surface area contributed by atoms with Crippen LogP contribution in [0.25, 0.3) is 0 Å². The van der Waals surface area contributed by atoms with Crippen molar-refractivity contribution in [3.8, 4) is 0 Å². The lowest BCUT2D eigenvalue weighted by Crippen LogP contribution is -2.36. The molecule has 0 fully saturated rings. The number of hydrogen-bond donors (Lipinski definition) is 0. The van der Waals surface area contributed by atoms with E-state index in [0.29, 0.717) is 5.56 Å². The number of hydrogen-bond acceptors (Lipinski definition) is 3. The fourth-order valence-corrected chi connectivity index (χ4v) is 1.23. The van der Waals surface area contributed by atoms with Gasteiger partial charge >= 0.3 is 0 Å². The van der Waals surface area contributed by atoms with Gasteiger partial charge in [0.25, 0.3) is 0 Å². The second-order valence-corrected chi connectivity index (χ2v) is 2.95. The van der Waals surface area contributed by atoms with Crippen LogP contribution in [-0.4, -0.2) is 5.78 Å². The van der Waals surface area contributed by atoms with E-state index in [9.17, 15) is 14.4 Å². The van der Waals surface area contributed by atoms with E-state index in [2.05, 4.69) is 0 Å². The molecule has 2 aromatic carbocycles. The fourth-order valence-electron chi connectivity index (χ4n) is 1.23. The summed E-state index contributed by atoms with van der Waals surface area (Å²) in [6.07, 6.45) is 0. The molecule has 0 spiro atoms. The molecule has 0 bridgehead atoms. The van der Waals surface area contributed by atoms with Crippen LogP contribution < -0.4 is 10.9 Å². The number of rotatable bonds is 2. The first-order valence-corrected chi connectivity index (χ1v) is 4.10. The molecule has 0 aliphatic carbocycles. The van der Waals surface area contributed by atoms with E-state index in [4.69, 9.17) is 0 Å². The van der Waals surface area contributed by atoms with Crippen molar-refractivity contribution in [2.45, 2.75) is 0 Å². The van der Waals surface area contributed by atoms with Gasteiger partial charge in [-0.15, -0.1) is 0 Å². The van der Waals surface area contributed by atoms with Crippen LogP contribution in [0.4, 0.5) is 0 Å². The van der Waals surface area contributed by atoms with E-state index in [1.807, 2.05) is 0 Å². The lowest BCUT2D eigenvalue weighted by molar-refractivity contribution is 0.103. The molecule has 0 radical (unpaired) electrons. The molecule has 0 aliphatic heterocycles. The molecule has 0 aromatic heterocycles. The van der Waals surface area contributed by atoms with Crippen molar-refractivity contribution in [2.24, 2.45) is 0 Å². The summed E-state index contributed by atoms with van der Waals surface area (Å²) in [7, 11) is 0. The van der Waals surface area contributed by atoms with Gasteiger partial charge in [0.15, 0.2) is 5.78 Å². The molecule has 0 atom stereocenters. The van der Waals surface area contributed by atoms with Gasteiger partial charge in [-0.05, 0) is 0 Å². The maximum absolute atomic E-state index is 11.5. The zero-order valence-corrected chi connectivity index (χ0v) is 7.19. The van der Waals surface area contributed by atoms with Crippen molar-refractivity contribution in [1.29, 1.82) is 0 Å². The molecule has 2 rings (SSSR count). The highest BCUT2D eigenvalue weighted by Crippen LogP contribution is 2.04. The molecular weight excluding hydrogens is 180 g/mol. The first kappa shape index (κ1) is 8.56. The average Bonchev–Trinajstić information content (AvgIpc) is 2.25. The predicted molar refractivity (Wildman–Crippen MR) is 51.2 cm³/mol. The minimum atomic E-state index is -0.682. The Morgan fingerprint density at radius 3 is 2.14 bits per heavy atom. The molecule has 0 saturated carbocycles. The van der Waals surface area contributed by atoms with Crippen LogP contribution in [0.1, 0.15) is 15.9 Å². The molecule has 0 aliphatic rings. The van der Waals surface area contributed by atoms with E-state index < -0.39 is 10.9 Å². The van der Waals surface area contributed by atoms with Crippen LogP contribution in [-0.2, 0) is 0 Å². The van der Waals surface area contributed by atoms with Gasteiger partial charge in [-0.2, -0.15) is 0 Å². The summed E-state index contributed by atoms with van der Waals surface area (Å²) in [5.74, 6) is -0.379. The van der Waals surface area contributed by atoms with E-state index in [1.165, 1.54) is 0 Å². The van der Waals surface area contributed by atoms with Crippen molar-refractivity contribution in [1.82, 2.24) is 0 Å². The number of ketones is 1. The summed E-state index contributed by atoms with van der Waals surface area (Å²) in [4.78, 5) is 33.1. The highest BCUT2D eigenvalue weighted by Gasteiger charge is 2.18.